The molecule has 0 atom stereocenters. The van der Waals surface area contributed by atoms with Crippen molar-refractivity contribution in [3.63, 3.8) is 0 Å². The molecule has 0 spiro atoms. The lowest BCUT2D eigenvalue weighted by atomic mass is 11.0. The molecule has 24 valence electrons. The quantitative estimate of drug-likeness (QED) is 0.395. The van der Waals surface area contributed by atoms with Crippen LogP contribution in [0.1, 0.15) is 0 Å². The predicted molar refractivity (Wildman–Crippen MR) is 19.1 cm³/mol. The van der Waals surface area contributed by atoms with Gasteiger partial charge in [0, 0.05) is 0 Å². The van der Waals surface area contributed by atoms with Crippen molar-refractivity contribution in [2.75, 3.05) is 0 Å². The molecule has 1 aliphatic heterocycles. The zero-order chi connectivity index (χ0) is 3.54. The summed E-state index contributed by atoms with van der Waals surface area (Å²) in [5.41, 5.74) is 0. The van der Waals surface area contributed by atoms with Gasteiger partial charge in [0.2, 0.25) is 6.20 Å². The van der Waals surface area contributed by atoms with Gasteiger partial charge < -0.3 is 0 Å². The minimum absolute atomic E-state index is 1.57. The van der Waals surface area contributed by atoms with E-state index < -0.39 is 0 Å². The Balaban J connectivity index is 2.61. The molecule has 1 N–H and O–H groups in total. The fraction of sp³-hybridized carbons (Fsp3) is 0. The highest BCUT2D eigenvalue weighted by molar-refractivity contribution is 5.56. The molecule has 0 aromatic heterocycles. The normalized spacial score (nSPS) is 16.0. The zero-order valence-electron chi connectivity index (χ0n) is 2.60. The lowest BCUT2D eigenvalue weighted by Crippen LogP contribution is -1.95. The summed E-state index contributed by atoms with van der Waals surface area (Å²) < 4.78 is 0. The first kappa shape index (κ1) is 2.45. The molecule has 0 bridgehead atoms. The van der Waals surface area contributed by atoms with Crippen molar-refractivity contribution in [1.29, 1.82) is 0 Å². The highest BCUT2D eigenvalue weighted by Gasteiger charge is 1.85. The van der Waals surface area contributed by atoms with Crippen molar-refractivity contribution in [3.8, 4) is 0 Å². The molecule has 1 rings (SSSR count). The van der Waals surface area contributed by atoms with Crippen LogP contribution in [0.3, 0.4) is 0 Å². The van der Waals surface area contributed by atoms with E-state index in [4.69, 9.17) is 0 Å². The summed E-state index contributed by atoms with van der Waals surface area (Å²) in [5.74, 6) is 0. The molecule has 2 heteroatoms. The first-order chi connectivity index (χ1) is 2.50. The van der Waals surface area contributed by atoms with E-state index in [-0.39, 0.29) is 0 Å². The fourth-order valence-corrected chi connectivity index (χ4v) is 0.186. The van der Waals surface area contributed by atoms with E-state index in [2.05, 4.69) is 16.5 Å². The van der Waals surface area contributed by atoms with Crippen LogP contribution in [0.25, 0.3) is 0 Å². The van der Waals surface area contributed by atoms with E-state index in [1.165, 1.54) is 0 Å². The molecule has 0 fully saturated rings. The number of nitrogens with one attached hydrogen (secondary N) is 1. The largest absolute Gasteiger partial charge is 0.284 e. The van der Waals surface area contributed by atoms with Crippen molar-refractivity contribution in [1.82, 2.24) is 10.3 Å². The van der Waals surface area contributed by atoms with Gasteiger partial charge in [-0.05, 0) is 0 Å². The van der Waals surface area contributed by atoms with E-state index in [9.17, 15) is 0 Å². The van der Waals surface area contributed by atoms with Crippen molar-refractivity contribution in [2.24, 2.45) is 0 Å². The molecular formula is C3H3N2+. The Morgan fingerprint density at radius 1 is 1.80 bits per heavy atom. The second-order valence-corrected chi connectivity index (χ2v) is 0.696. The van der Waals surface area contributed by atoms with Gasteiger partial charge in [0.25, 0.3) is 6.34 Å². The maximum absolute atomic E-state index is 3.61. The van der Waals surface area contributed by atoms with Gasteiger partial charge in [0.15, 0.2) is 6.20 Å². The lowest BCUT2D eigenvalue weighted by Gasteiger charge is -1.51. The van der Waals surface area contributed by atoms with Crippen molar-refractivity contribution < 1.29 is 0 Å². The summed E-state index contributed by atoms with van der Waals surface area (Å²) in [4.78, 5) is 3.61. The fourth-order valence-electron chi connectivity index (χ4n) is 0.186. The molecule has 2 nitrogen and oxygen atoms in total. The van der Waals surface area contributed by atoms with Gasteiger partial charge in [-0.2, -0.15) is 0 Å². The van der Waals surface area contributed by atoms with Gasteiger partial charge in [0.1, 0.15) is 0 Å². The van der Waals surface area contributed by atoms with E-state index in [0.29, 0.717) is 0 Å². The molecule has 1 aliphatic rings. The topological polar surface area (TPSA) is 26.1 Å². The number of hydrogen-bond acceptors (Lipinski definition) is 2. The van der Waals surface area contributed by atoms with Crippen LogP contribution in [0.15, 0.2) is 6.20 Å². The molecule has 5 heavy (non-hydrogen) atoms. The summed E-state index contributed by atoms with van der Waals surface area (Å²) in [7, 11) is 0. The average Bonchev–Trinajstić information content (AvgIpc) is 1.76. The number of nitrogens with zero attached hydrogens (tertiary/aromatic N) is 1. The van der Waals surface area contributed by atoms with E-state index >= 15 is 0 Å². The predicted octanol–water partition coefficient (Wildman–Crippen LogP) is -0.772. The van der Waals surface area contributed by atoms with Gasteiger partial charge in [-0.25, -0.2) is 5.32 Å². The Morgan fingerprint density at radius 3 is 3.00 bits per heavy atom. The molecule has 2 radical (unpaired) electrons. The standard InChI is InChI=1S/C3H3N2/c1-2-5-3-4-1/h1,3,5H/q+1. The van der Waals surface area contributed by atoms with E-state index in [1.54, 1.807) is 12.5 Å². The van der Waals surface area contributed by atoms with Crippen LogP contribution in [0.2, 0.25) is 0 Å². The van der Waals surface area contributed by atoms with Crippen molar-refractivity contribution >= 4 is 6.34 Å². The summed E-state index contributed by atoms with van der Waals surface area (Å²) in [6, 6.07) is 0. The van der Waals surface area contributed by atoms with Crippen LogP contribution in [-0.2, 0) is 0 Å². The molecule has 0 amide bonds. The van der Waals surface area contributed by atoms with Crippen LogP contribution in [0.4, 0.5) is 0 Å². The summed E-state index contributed by atoms with van der Waals surface area (Å²) >= 11 is 0. The van der Waals surface area contributed by atoms with Gasteiger partial charge >= 0.3 is 0 Å². The van der Waals surface area contributed by atoms with Gasteiger partial charge in [-0.3, -0.25) is 0 Å². The second kappa shape index (κ2) is 0.885. The third-order valence-electron chi connectivity index (χ3n) is 0.362. The van der Waals surface area contributed by atoms with Crippen LogP contribution in [0, 0.1) is 6.20 Å². The Labute approximate surface area is 30.2 Å². The highest BCUT2D eigenvalue weighted by Crippen LogP contribution is 1.56. The number of hydrogen-bond donors (Lipinski definition) is 1. The Hall–Kier alpha value is -0.790. The van der Waals surface area contributed by atoms with Crippen molar-refractivity contribution in [2.45, 2.75) is 0 Å². The monoisotopic (exact) mass is 67.0 g/mol. The summed E-state index contributed by atoms with van der Waals surface area (Å²) in [6.45, 7) is 0. The Morgan fingerprint density at radius 2 is 2.80 bits per heavy atom. The maximum Gasteiger partial charge on any atom is 0.284 e. The molecule has 0 aromatic carbocycles. The number of aliphatic imine (C=N–C) groups is 1. The third kappa shape index (κ3) is 0.265. The Bertz CT molecular complexity index is 63.0. The minimum Gasteiger partial charge on any atom is -0.237 e. The molecule has 0 aromatic rings. The molecule has 0 saturated heterocycles. The van der Waals surface area contributed by atoms with Gasteiger partial charge in [-0.1, -0.05) is 4.99 Å². The zero-order valence-corrected chi connectivity index (χ0v) is 2.60. The maximum atomic E-state index is 3.61. The van der Waals surface area contributed by atoms with Crippen LogP contribution in [-0.4, -0.2) is 6.34 Å². The highest BCUT2D eigenvalue weighted by atomic mass is 15.0. The summed E-state index contributed by atoms with van der Waals surface area (Å²) in [6.07, 6.45) is 5.76. The molecule has 0 saturated carbocycles. The van der Waals surface area contributed by atoms with Crippen LogP contribution < -0.4 is 10.3 Å². The van der Waals surface area contributed by atoms with Gasteiger partial charge in [-0.15, -0.1) is 0 Å². The third-order valence-corrected chi connectivity index (χ3v) is 0.362. The minimum atomic E-state index is 1.57. The first-order valence-corrected chi connectivity index (χ1v) is 1.34. The van der Waals surface area contributed by atoms with E-state index in [0.717, 1.165) is 0 Å². The lowest BCUT2D eigenvalue weighted by molar-refractivity contribution is 1.31. The van der Waals surface area contributed by atoms with Crippen molar-refractivity contribution in [3.05, 3.63) is 12.4 Å². The Kier molecular flexibility index (Phi) is 0.433. The average molecular weight is 67.1 g/mol. The summed E-state index contributed by atoms with van der Waals surface area (Å²) in [5, 5.41) is 2.62. The van der Waals surface area contributed by atoms with E-state index in [1.807, 2.05) is 0 Å². The van der Waals surface area contributed by atoms with Crippen LogP contribution in [0.5, 0.6) is 0 Å². The van der Waals surface area contributed by atoms with Gasteiger partial charge in [0.05, 0.1) is 0 Å². The smallest absolute Gasteiger partial charge is 0.237 e. The second-order valence-electron chi connectivity index (χ2n) is 0.696. The molecule has 0 unspecified atom stereocenters. The van der Waals surface area contributed by atoms with Crippen LogP contribution >= 0.6 is 0 Å². The first-order valence-electron chi connectivity index (χ1n) is 1.34. The number of rotatable bonds is 0. The molecule has 1 heterocycles. The molecular weight excluding hydrogens is 64.0 g/mol. The molecule has 0 aliphatic carbocycles. The SMILES string of the molecule is [C]1=C[N+]=CN1.